The van der Waals surface area contributed by atoms with E-state index in [4.69, 9.17) is 0 Å². The number of sulfonamides is 2. The summed E-state index contributed by atoms with van der Waals surface area (Å²) in [6.07, 6.45) is 6.77. The molecule has 8 nitrogen and oxygen atoms in total. The molecular formula is C30H34N4O4S2. The van der Waals surface area contributed by atoms with Crippen molar-refractivity contribution in [2.45, 2.75) is 35.5 Å². The van der Waals surface area contributed by atoms with Gasteiger partial charge in [0.05, 0.1) is 9.79 Å². The summed E-state index contributed by atoms with van der Waals surface area (Å²) in [5.41, 5.74) is 2.83. The number of hydrogen-bond donors (Lipinski definition) is 2. The first kappa shape index (κ1) is 28.4. The number of rotatable bonds is 12. The topological polar surface area (TPSA) is 108 Å². The van der Waals surface area contributed by atoms with Crippen LogP contribution < -0.4 is 10.0 Å². The molecule has 1 aliphatic rings. The van der Waals surface area contributed by atoms with E-state index < -0.39 is 20.0 Å². The third-order valence-electron chi connectivity index (χ3n) is 7.15. The predicted molar refractivity (Wildman–Crippen MR) is 158 cm³/mol. The Morgan fingerprint density at radius 2 is 1.55 bits per heavy atom. The zero-order chi connectivity index (χ0) is 28.0. The van der Waals surface area contributed by atoms with Crippen molar-refractivity contribution in [1.82, 2.24) is 19.3 Å². The van der Waals surface area contributed by atoms with Gasteiger partial charge < -0.3 is 5.32 Å². The molecule has 2 heterocycles. The van der Waals surface area contributed by atoms with E-state index in [1.807, 2.05) is 48.5 Å². The molecule has 1 aliphatic heterocycles. The average molecular weight is 579 g/mol. The van der Waals surface area contributed by atoms with Gasteiger partial charge in [0.1, 0.15) is 0 Å². The molecule has 0 bridgehead atoms. The standard InChI is InChI=1S/C30H34N4O4S2/c35-39(36,30-22-26(25-8-2-1-3-9-25)21-27-23-32-16-14-29(27)30)33-18-17-31-15-6-7-24-10-12-28(13-11-24)40(37,38)34-19-4-5-20-34/h1-3,8-14,16,21-23,31,33H,4-7,15,17-20H2. The van der Waals surface area contributed by atoms with Gasteiger partial charge in [-0.3, -0.25) is 4.98 Å². The third kappa shape index (κ3) is 6.59. The molecule has 210 valence electrons. The molecule has 40 heavy (non-hydrogen) atoms. The van der Waals surface area contributed by atoms with Crippen molar-refractivity contribution in [1.29, 1.82) is 0 Å². The normalized spacial score (nSPS) is 14.6. The molecule has 3 aromatic carbocycles. The minimum absolute atomic E-state index is 0.237. The van der Waals surface area contributed by atoms with E-state index >= 15 is 0 Å². The number of nitrogens with one attached hydrogen (secondary N) is 2. The van der Waals surface area contributed by atoms with Gasteiger partial charge in [0, 0.05) is 49.3 Å². The summed E-state index contributed by atoms with van der Waals surface area (Å²) in [7, 11) is -7.14. The second kappa shape index (κ2) is 12.6. The van der Waals surface area contributed by atoms with Crippen LogP contribution >= 0.6 is 0 Å². The smallest absolute Gasteiger partial charge is 0.243 e. The largest absolute Gasteiger partial charge is 0.315 e. The molecule has 4 aromatic rings. The SMILES string of the molecule is O=S(=O)(NCCNCCCc1ccc(S(=O)(=O)N2CCCC2)cc1)c1cc(-c2ccccc2)cc2cnccc12. The molecule has 0 amide bonds. The van der Waals surface area contributed by atoms with Gasteiger partial charge in [-0.2, -0.15) is 4.31 Å². The summed E-state index contributed by atoms with van der Waals surface area (Å²) in [5.74, 6) is 0. The van der Waals surface area contributed by atoms with Crippen molar-refractivity contribution in [3.8, 4) is 11.1 Å². The summed E-state index contributed by atoms with van der Waals surface area (Å²) in [4.78, 5) is 4.76. The van der Waals surface area contributed by atoms with Crippen LogP contribution in [0.4, 0.5) is 0 Å². The van der Waals surface area contributed by atoms with Gasteiger partial charge in [-0.25, -0.2) is 21.6 Å². The van der Waals surface area contributed by atoms with Crippen LogP contribution in [0.3, 0.4) is 0 Å². The second-order valence-corrected chi connectivity index (χ2v) is 13.6. The lowest BCUT2D eigenvalue weighted by molar-refractivity contribution is 0.477. The Labute approximate surface area is 236 Å². The molecule has 0 atom stereocenters. The number of fused-ring (bicyclic) bond motifs is 1. The minimum atomic E-state index is -3.75. The predicted octanol–water partition coefficient (Wildman–Crippen LogP) is 4.19. The average Bonchev–Trinajstić information content (AvgIpc) is 3.53. The van der Waals surface area contributed by atoms with Gasteiger partial charge in [-0.1, -0.05) is 42.5 Å². The number of hydrogen-bond acceptors (Lipinski definition) is 6. The van der Waals surface area contributed by atoms with Gasteiger partial charge in [-0.05, 0) is 79.3 Å². The van der Waals surface area contributed by atoms with E-state index in [1.54, 1.807) is 41.0 Å². The molecule has 0 aliphatic carbocycles. The van der Waals surface area contributed by atoms with Crippen LogP contribution in [0.2, 0.25) is 0 Å². The van der Waals surface area contributed by atoms with Gasteiger partial charge in [0.2, 0.25) is 20.0 Å². The highest BCUT2D eigenvalue weighted by Crippen LogP contribution is 2.30. The Bertz CT molecular complexity index is 1650. The number of aromatic nitrogens is 1. The molecule has 1 saturated heterocycles. The van der Waals surface area contributed by atoms with Crippen LogP contribution in [0.15, 0.2) is 95.0 Å². The summed E-state index contributed by atoms with van der Waals surface area (Å²) in [5, 5.41) is 4.69. The molecule has 0 radical (unpaired) electrons. The Balaban J connectivity index is 1.12. The Kier molecular flexibility index (Phi) is 8.92. The van der Waals surface area contributed by atoms with E-state index in [0.29, 0.717) is 36.5 Å². The Hall–Kier alpha value is -3.15. The van der Waals surface area contributed by atoms with Crippen LogP contribution in [0.25, 0.3) is 21.9 Å². The maximum atomic E-state index is 13.3. The lowest BCUT2D eigenvalue weighted by Crippen LogP contribution is -2.32. The zero-order valence-corrected chi connectivity index (χ0v) is 23.9. The van der Waals surface area contributed by atoms with Crippen LogP contribution in [0.5, 0.6) is 0 Å². The summed E-state index contributed by atoms with van der Waals surface area (Å²) in [6.45, 7) is 2.66. The van der Waals surface area contributed by atoms with Gasteiger partial charge >= 0.3 is 0 Å². The lowest BCUT2D eigenvalue weighted by atomic mass is 10.0. The lowest BCUT2D eigenvalue weighted by Gasteiger charge is -2.15. The molecule has 0 unspecified atom stereocenters. The van der Waals surface area contributed by atoms with Crippen molar-refractivity contribution in [2.75, 3.05) is 32.7 Å². The molecule has 5 rings (SSSR count). The summed E-state index contributed by atoms with van der Waals surface area (Å²) < 4.78 is 56.2. The fourth-order valence-electron chi connectivity index (χ4n) is 4.99. The van der Waals surface area contributed by atoms with E-state index in [2.05, 4.69) is 15.0 Å². The molecule has 0 spiro atoms. The molecule has 2 N–H and O–H groups in total. The van der Waals surface area contributed by atoms with Crippen LogP contribution in [-0.4, -0.2) is 58.8 Å². The maximum Gasteiger partial charge on any atom is 0.243 e. The monoisotopic (exact) mass is 578 g/mol. The van der Waals surface area contributed by atoms with Crippen molar-refractivity contribution in [2.24, 2.45) is 0 Å². The highest BCUT2D eigenvalue weighted by atomic mass is 32.2. The molecule has 1 fully saturated rings. The minimum Gasteiger partial charge on any atom is -0.315 e. The van der Waals surface area contributed by atoms with Crippen molar-refractivity contribution < 1.29 is 16.8 Å². The molecule has 10 heteroatoms. The quantitative estimate of drug-likeness (QED) is 0.244. The number of aryl methyl sites for hydroxylation is 1. The van der Waals surface area contributed by atoms with Gasteiger partial charge in [-0.15, -0.1) is 0 Å². The van der Waals surface area contributed by atoms with E-state index in [1.165, 1.54) is 0 Å². The zero-order valence-electron chi connectivity index (χ0n) is 22.3. The van der Waals surface area contributed by atoms with Gasteiger partial charge in [0.25, 0.3) is 0 Å². The highest BCUT2D eigenvalue weighted by molar-refractivity contribution is 7.89. The van der Waals surface area contributed by atoms with Crippen LogP contribution in [-0.2, 0) is 26.5 Å². The van der Waals surface area contributed by atoms with E-state index in [-0.39, 0.29) is 11.4 Å². The maximum absolute atomic E-state index is 13.3. The number of pyridine rings is 1. The van der Waals surface area contributed by atoms with E-state index in [0.717, 1.165) is 47.8 Å². The number of nitrogens with zero attached hydrogens (tertiary/aromatic N) is 2. The molecule has 1 aromatic heterocycles. The highest BCUT2D eigenvalue weighted by Gasteiger charge is 2.26. The molecular weight excluding hydrogens is 544 g/mol. The second-order valence-electron chi connectivity index (χ2n) is 9.94. The van der Waals surface area contributed by atoms with Crippen LogP contribution in [0, 0.1) is 0 Å². The number of benzene rings is 3. The summed E-state index contributed by atoms with van der Waals surface area (Å²) in [6, 6.07) is 22.2. The Morgan fingerprint density at radius 1 is 0.800 bits per heavy atom. The van der Waals surface area contributed by atoms with Crippen molar-refractivity contribution in [3.05, 3.63) is 90.8 Å². The first-order valence-corrected chi connectivity index (χ1v) is 16.5. The Morgan fingerprint density at radius 3 is 2.30 bits per heavy atom. The summed E-state index contributed by atoms with van der Waals surface area (Å²) >= 11 is 0. The fraction of sp³-hybridized carbons (Fsp3) is 0.300. The van der Waals surface area contributed by atoms with Crippen LogP contribution in [0.1, 0.15) is 24.8 Å². The fourth-order valence-corrected chi connectivity index (χ4v) is 7.79. The van der Waals surface area contributed by atoms with E-state index in [9.17, 15) is 16.8 Å². The molecule has 0 saturated carbocycles. The van der Waals surface area contributed by atoms with Crippen molar-refractivity contribution >= 4 is 30.8 Å². The van der Waals surface area contributed by atoms with Gasteiger partial charge in [0.15, 0.2) is 0 Å². The first-order valence-electron chi connectivity index (χ1n) is 13.6. The van der Waals surface area contributed by atoms with Crippen molar-refractivity contribution in [3.63, 3.8) is 0 Å². The first-order chi connectivity index (χ1) is 19.3. The third-order valence-corrected chi connectivity index (χ3v) is 10.6.